The van der Waals surface area contributed by atoms with Crippen LogP contribution >= 0.6 is 0 Å². The average molecular weight is 283 g/mol. The van der Waals surface area contributed by atoms with Crippen molar-refractivity contribution in [2.45, 2.75) is 26.3 Å². The van der Waals surface area contributed by atoms with Crippen LogP contribution in [0.4, 0.5) is 4.79 Å². The maximum Gasteiger partial charge on any atom is 0.360 e. The summed E-state index contributed by atoms with van der Waals surface area (Å²) in [6.45, 7) is 2.28. The number of unbranched alkanes of at least 4 members (excludes halogenated alkanes) is 1. The molecule has 9 nitrogen and oxygen atoms in total. The molecule has 110 valence electrons. The van der Waals surface area contributed by atoms with Crippen molar-refractivity contribution in [2.75, 3.05) is 13.7 Å². The molecule has 0 unspecified atom stereocenters. The minimum absolute atomic E-state index is 0.00676. The van der Waals surface area contributed by atoms with E-state index in [-0.39, 0.29) is 12.2 Å². The van der Waals surface area contributed by atoms with Crippen molar-refractivity contribution in [1.29, 1.82) is 0 Å². The van der Waals surface area contributed by atoms with E-state index < -0.39 is 17.9 Å². The fourth-order valence-electron chi connectivity index (χ4n) is 1.31. The van der Waals surface area contributed by atoms with Crippen LogP contribution in [0.15, 0.2) is 6.20 Å². The van der Waals surface area contributed by atoms with Crippen molar-refractivity contribution >= 4 is 17.9 Å². The topological polar surface area (TPSA) is 115 Å². The molecule has 0 aromatic carbocycles. The van der Waals surface area contributed by atoms with Gasteiger partial charge >= 0.3 is 12.0 Å². The highest BCUT2D eigenvalue weighted by Crippen LogP contribution is 1.95. The molecular weight excluding hydrogens is 266 g/mol. The van der Waals surface area contributed by atoms with Crippen LogP contribution < -0.4 is 10.6 Å². The van der Waals surface area contributed by atoms with Crippen LogP contribution in [-0.2, 0) is 16.1 Å². The fourth-order valence-corrected chi connectivity index (χ4v) is 1.31. The number of rotatable bonds is 6. The van der Waals surface area contributed by atoms with E-state index in [1.165, 1.54) is 13.3 Å². The summed E-state index contributed by atoms with van der Waals surface area (Å²) in [6.07, 6.45) is 3.05. The number of amides is 3. The van der Waals surface area contributed by atoms with Gasteiger partial charge in [-0.2, -0.15) is 0 Å². The monoisotopic (exact) mass is 283 g/mol. The zero-order valence-electron chi connectivity index (χ0n) is 11.4. The number of nitrogens with one attached hydrogen (secondary N) is 2. The van der Waals surface area contributed by atoms with Gasteiger partial charge in [-0.1, -0.05) is 18.6 Å². The second kappa shape index (κ2) is 7.87. The number of imide groups is 1. The number of carbonyl (C=O) groups is 3. The molecule has 0 atom stereocenters. The summed E-state index contributed by atoms with van der Waals surface area (Å²) in [5.41, 5.74) is -0.00676. The molecule has 0 aliphatic carbocycles. The summed E-state index contributed by atoms with van der Waals surface area (Å²) in [7, 11) is 1.22. The van der Waals surface area contributed by atoms with Gasteiger partial charge in [0.25, 0.3) is 0 Å². The molecule has 1 aromatic rings. The Morgan fingerprint density at radius 3 is 2.80 bits per heavy atom. The van der Waals surface area contributed by atoms with E-state index >= 15 is 0 Å². The second-order valence-corrected chi connectivity index (χ2v) is 3.95. The fraction of sp³-hybridized carbons (Fsp3) is 0.545. The molecule has 0 aliphatic heterocycles. The molecule has 3 amide bonds. The predicted octanol–water partition coefficient (Wildman–Crippen LogP) is -0.309. The average Bonchev–Trinajstić information content (AvgIpc) is 2.86. The van der Waals surface area contributed by atoms with Gasteiger partial charge in [-0.15, -0.1) is 5.10 Å². The molecule has 9 heteroatoms. The van der Waals surface area contributed by atoms with Crippen LogP contribution in [-0.4, -0.2) is 46.6 Å². The van der Waals surface area contributed by atoms with Gasteiger partial charge in [0.05, 0.1) is 13.3 Å². The Morgan fingerprint density at radius 1 is 1.40 bits per heavy atom. The molecule has 2 N–H and O–H groups in total. The Bertz CT molecular complexity index is 485. The summed E-state index contributed by atoms with van der Waals surface area (Å²) in [6, 6.07) is -0.559. The van der Waals surface area contributed by atoms with Gasteiger partial charge < -0.3 is 10.1 Å². The largest absolute Gasteiger partial charge is 0.464 e. The van der Waals surface area contributed by atoms with Crippen molar-refractivity contribution in [1.82, 2.24) is 25.6 Å². The predicted molar refractivity (Wildman–Crippen MR) is 67.8 cm³/mol. The lowest BCUT2D eigenvalue weighted by molar-refractivity contribution is -0.120. The third kappa shape index (κ3) is 5.04. The van der Waals surface area contributed by atoms with Crippen molar-refractivity contribution in [3.8, 4) is 0 Å². The van der Waals surface area contributed by atoms with Crippen molar-refractivity contribution in [3.05, 3.63) is 11.9 Å². The Kier molecular flexibility index (Phi) is 6.14. The normalized spacial score (nSPS) is 9.90. The van der Waals surface area contributed by atoms with Crippen LogP contribution in [0.2, 0.25) is 0 Å². The number of aromatic nitrogens is 3. The summed E-state index contributed by atoms with van der Waals surface area (Å²) < 4.78 is 5.59. The lowest BCUT2D eigenvalue weighted by Gasteiger charge is -2.05. The first-order valence-corrected chi connectivity index (χ1v) is 6.13. The highest BCUT2D eigenvalue weighted by Gasteiger charge is 2.13. The SMILES string of the molecule is CCCCNC(=O)NC(=O)Cn1cc(C(=O)OC)nn1. The molecular formula is C11H17N5O4. The molecule has 1 heterocycles. The van der Waals surface area contributed by atoms with Gasteiger partial charge in [0, 0.05) is 6.54 Å². The van der Waals surface area contributed by atoms with Crippen molar-refractivity contribution in [2.24, 2.45) is 0 Å². The quantitative estimate of drug-likeness (QED) is 0.546. The summed E-state index contributed by atoms with van der Waals surface area (Å²) >= 11 is 0. The number of hydrogen-bond acceptors (Lipinski definition) is 6. The molecule has 0 spiro atoms. The van der Waals surface area contributed by atoms with Gasteiger partial charge in [0.15, 0.2) is 5.69 Å². The minimum atomic E-state index is -0.644. The molecule has 0 fully saturated rings. The van der Waals surface area contributed by atoms with Gasteiger partial charge in [-0.05, 0) is 6.42 Å². The van der Waals surface area contributed by atoms with Gasteiger partial charge in [0.1, 0.15) is 6.54 Å². The third-order valence-electron chi connectivity index (χ3n) is 2.31. The van der Waals surface area contributed by atoms with Crippen molar-refractivity contribution < 1.29 is 19.1 Å². The molecule has 20 heavy (non-hydrogen) atoms. The second-order valence-electron chi connectivity index (χ2n) is 3.95. The number of carbonyl (C=O) groups excluding carboxylic acids is 3. The summed E-state index contributed by atoms with van der Waals surface area (Å²) in [5, 5.41) is 11.8. The molecule has 0 aliphatic rings. The molecule has 1 aromatic heterocycles. The molecule has 1 rings (SSSR count). The van der Waals surface area contributed by atoms with Gasteiger partial charge in [-0.3, -0.25) is 10.1 Å². The van der Waals surface area contributed by atoms with E-state index in [1.807, 2.05) is 6.92 Å². The first-order valence-electron chi connectivity index (χ1n) is 6.13. The molecule has 0 saturated heterocycles. The highest BCUT2D eigenvalue weighted by atomic mass is 16.5. The summed E-state index contributed by atoms with van der Waals surface area (Å²) in [5.74, 6) is -1.20. The van der Waals surface area contributed by atoms with Crippen molar-refractivity contribution in [3.63, 3.8) is 0 Å². The van der Waals surface area contributed by atoms with Crippen LogP contribution in [0, 0.1) is 0 Å². The zero-order chi connectivity index (χ0) is 15.0. The maximum atomic E-state index is 11.5. The van der Waals surface area contributed by atoms with E-state index in [2.05, 4.69) is 25.7 Å². The van der Waals surface area contributed by atoms with E-state index in [0.29, 0.717) is 6.54 Å². The smallest absolute Gasteiger partial charge is 0.360 e. The lowest BCUT2D eigenvalue weighted by atomic mass is 10.3. The maximum absolute atomic E-state index is 11.5. The standard InChI is InChI=1S/C11H17N5O4/c1-3-4-5-12-11(19)13-9(17)7-16-6-8(14-15-16)10(18)20-2/h6H,3-5,7H2,1-2H3,(H2,12,13,17,19). The van der Waals surface area contributed by atoms with Crippen LogP contribution in [0.5, 0.6) is 0 Å². The first kappa shape index (κ1) is 15.6. The minimum Gasteiger partial charge on any atom is -0.464 e. The van der Waals surface area contributed by atoms with Gasteiger partial charge in [-0.25, -0.2) is 14.3 Å². The number of nitrogens with zero attached hydrogens (tertiary/aromatic N) is 3. The molecule has 0 saturated carbocycles. The Morgan fingerprint density at radius 2 is 2.15 bits per heavy atom. The molecule has 0 bridgehead atoms. The third-order valence-corrected chi connectivity index (χ3v) is 2.31. The highest BCUT2D eigenvalue weighted by molar-refractivity contribution is 5.94. The number of hydrogen-bond donors (Lipinski definition) is 2. The van der Waals surface area contributed by atoms with E-state index in [9.17, 15) is 14.4 Å². The van der Waals surface area contributed by atoms with E-state index in [1.54, 1.807) is 0 Å². The number of esters is 1. The zero-order valence-corrected chi connectivity index (χ0v) is 11.4. The molecule has 0 radical (unpaired) electrons. The number of methoxy groups -OCH3 is 1. The summed E-state index contributed by atoms with van der Waals surface area (Å²) in [4.78, 5) is 34.0. The lowest BCUT2D eigenvalue weighted by Crippen LogP contribution is -2.41. The Balaban J connectivity index is 2.40. The Labute approximate surface area is 115 Å². The van der Waals surface area contributed by atoms with Crippen LogP contribution in [0.25, 0.3) is 0 Å². The Hall–Kier alpha value is -2.45. The first-order chi connectivity index (χ1) is 9.56. The van der Waals surface area contributed by atoms with Gasteiger partial charge in [0.2, 0.25) is 5.91 Å². The van der Waals surface area contributed by atoms with Crippen LogP contribution in [0.3, 0.4) is 0 Å². The number of ether oxygens (including phenoxy) is 1. The van der Waals surface area contributed by atoms with E-state index in [4.69, 9.17) is 0 Å². The van der Waals surface area contributed by atoms with Crippen LogP contribution in [0.1, 0.15) is 30.3 Å². The van der Waals surface area contributed by atoms with E-state index in [0.717, 1.165) is 17.5 Å². The number of urea groups is 1.